The van der Waals surface area contributed by atoms with Crippen molar-refractivity contribution in [3.8, 4) is 0 Å². The molecular weight excluding hydrogens is 172 g/mol. The zero-order chi connectivity index (χ0) is 10.4. The van der Waals surface area contributed by atoms with Crippen LogP contribution in [0.5, 0.6) is 0 Å². The van der Waals surface area contributed by atoms with E-state index in [4.69, 9.17) is 5.73 Å². The molecule has 1 unspecified atom stereocenters. The first-order valence-corrected chi connectivity index (χ1v) is 5.85. The average molecular weight is 196 g/mol. The Morgan fingerprint density at radius 1 is 1.43 bits per heavy atom. The molecule has 0 radical (unpaired) electrons. The summed E-state index contributed by atoms with van der Waals surface area (Å²) in [7, 11) is 0. The van der Waals surface area contributed by atoms with E-state index in [9.17, 15) is 0 Å². The van der Waals surface area contributed by atoms with Crippen molar-refractivity contribution in [1.82, 2.24) is 4.90 Å². The summed E-state index contributed by atoms with van der Waals surface area (Å²) in [5.41, 5.74) is 6.72. The van der Waals surface area contributed by atoms with E-state index >= 15 is 0 Å². The first kappa shape index (κ1) is 11.7. The summed E-state index contributed by atoms with van der Waals surface area (Å²) in [5.74, 6) is 0.950. The Hall–Kier alpha value is -0.340. The molecule has 2 nitrogen and oxygen atoms in total. The highest BCUT2D eigenvalue weighted by atomic mass is 15.1. The molecule has 1 atom stereocenters. The van der Waals surface area contributed by atoms with E-state index < -0.39 is 0 Å². The second-order valence-electron chi connectivity index (χ2n) is 4.44. The van der Waals surface area contributed by atoms with E-state index in [1.54, 1.807) is 0 Å². The first-order valence-electron chi connectivity index (χ1n) is 5.85. The fourth-order valence-corrected chi connectivity index (χ4v) is 2.17. The van der Waals surface area contributed by atoms with Crippen LogP contribution in [0.2, 0.25) is 0 Å². The molecule has 0 bridgehead atoms. The number of hydrogen-bond donors (Lipinski definition) is 1. The van der Waals surface area contributed by atoms with E-state index in [0.29, 0.717) is 6.54 Å². The first-order chi connectivity index (χ1) is 6.76. The summed E-state index contributed by atoms with van der Waals surface area (Å²) < 4.78 is 0. The summed E-state index contributed by atoms with van der Waals surface area (Å²) in [6.45, 7) is 10.4. The zero-order valence-corrected chi connectivity index (χ0v) is 9.47. The second-order valence-corrected chi connectivity index (χ2v) is 4.44. The van der Waals surface area contributed by atoms with Gasteiger partial charge in [0.2, 0.25) is 0 Å². The Labute approximate surface area is 88.2 Å². The number of nitrogens with two attached hydrogens (primary N) is 1. The Kier molecular flexibility index (Phi) is 5.20. The van der Waals surface area contributed by atoms with Gasteiger partial charge in [0.25, 0.3) is 0 Å². The van der Waals surface area contributed by atoms with Gasteiger partial charge >= 0.3 is 0 Å². The lowest BCUT2D eigenvalue weighted by Crippen LogP contribution is -2.28. The predicted molar refractivity (Wildman–Crippen MR) is 62.3 cm³/mol. The minimum atomic E-state index is 0.633. The number of hydrogen-bond acceptors (Lipinski definition) is 2. The van der Waals surface area contributed by atoms with Crippen LogP contribution in [0.15, 0.2) is 12.2 Å². The van der Waals surface area contributed by atoms with E-state index in [-0.39, 0.29) is 0 Å². The molecule has 1 heterocycles. The maximum absolute atomic E-state index is 5.56. The quantitative estimate of drug-likeness (QED) is 0.697. The lowest BCUT2D eigenvalue weighted by Gasteiger charge is -2.20. The fourth-order valence-electron chi connectivity index (χ4n) is 2.17. The Morgan fingerprint density at radius 2 is 2.21 bits per heavy atom. The van der Waals surface area contributed by atoms with E-state index in [2.05, 4.69) is 18.4 Å². The Balaban J connectivity index is 2.30. The molecule has 0 aromatic heterocycles. The summed E-state index contributed by atoms with van der Waals surface area (Å²) in [6.07, 6.45) is 5.44. The van der Waals surface area contributed by atoms with Crippen LogP contribution in [0.1, 0.15) is 32.6 Å². The molecule has 2 heteroatoms. The van der Waals surface area contributed by atoms with Crippen molar-refractivity contribution in [2.24, 2.45) is 11.7 Å². The molecule has 82 valence electrons. The normalized spacial score (nSPS) is 24.6. The molecule has 0 saturated carbocycles. The van der Waals surface area contributed by atoms with Gasteiger partial charge in [0, 0.05) is 13.1 Å². The SMILES string of the molecule is C=C(CN)CN1CCCC(CC)CC1. The fraction of sp³-hybridized carbons (Fsp3) is 0.833. The summed E-state index contributed by atoms with van der Waals surface area (Å²) >= 11 is 0. The highest BCUT2D eigenvalue weighted by Gasteiger charge is 2.15. The maximum atomic E-state index is 5.56. The van der Waals surface area contributed by atoms with Crippen LogP contribution in [0.4, 0.5) is 0 Å². The molecule has 1 fully saturated rings. The molecule has 1 saturated heterocycles. The highest BCUT2D eigenvalue weighted by molar-refractivity contribution is 4.98. The van der Waals surface area contributed by atoms with Gasteiger partial charge in [-0.25, -0.2) is 0 Å². The van der Waals surface area contributed by atoms with Gasteiger partial charge in [0.1, 0.15) is 0 Å². The number of nitrogens with zero attached hydrogens (tertiary/aromatic N) is 1. The second kappa shape index (κ2) is 6.20. The average Bonchev–Trinajstić information content (AvgIpc) is 2.43. The smallest absolute Gasteiger partial charge is 0.0202 e. The van der Waals surface area contributed by atoms with Gasteiger partial charge in [-0.05, 0) is 43.8 Å². The van der Waals surface area contributed by atoms with Gasteiger partial charge in [-0.1, -0.05) is 19.9 Å². The van der Waals surface area contributed by atoms with Crippen molar-refractivity contribution >= 4 is 0 Å². The van der Waals surface area contributed by atoms with Crippen LogP contribution in [0, 0.1) is 5.92 Å². The monoisotopic (exact) mass is 196 g/mol. The molecule has 1 rings (SSSR count). The van der Waals surface area contributed by atoms with Crippen LogP contribution >= 0.6 is 0 Å². The van der Waals surface area contributed by atoms with Crippen LogP contribution in [-0.4, -0.2) is 31.1 Å². The minimum absolute atomic E-state index is 0.633. The van der Waals surface area contributed by atoms with Crippen molar-refractivity contribution in [3.05, 3.63) is 12.2 Å². The molecule has 1 aliphatic heterocycles. The van der Waals surface area contributed by atoms with Gasteiger partial charge in [-0.3, -0.25) is 4.90 Å². The third-order valence-corrected chi connectivity index (χ3v) is 3.25. The van der Waals surface area contributed by atoms with E-state index in [1.807, 2.05) is 0 Å². The number of likely N-dealkylation sites (tertiary alicyclic amines) is 1. The molecule has 0 aromatic rings. The van der Waals surface area contributed by atoms with Crippen LogP contribution < -0.4 is 5.73 Å². The van der Waals surface area contributed by atoms with Gasteiger partial charge < -0.3 is 5.73 Å². The van der Waals surface area contributed by atoms with Crippen LogP contribution in [-0.2, 0) is 0 Å². The topological polar surface area (TPSA) is 29.3 Å². The molecule has 0 amide bonds. The maximum Gasteiger partial charge on any atom is 0.0202 e. The third-order valence-electron chi connectivity index (χ3n) is 3.25. The molecule has 0 aromatic carbocycles. The minimum Gasteiger partial charge on any atom is -0.327 e. The molecule has 0 spiro atoms. The molecule has 14 heavy (non-hydrogen) atoms. The van der Waals surface area contributed by atoms with Gasteiger partial charge in [-0.15, -0.1) is 0 Å². The van der Waals surface area contributed by atoms with Crippen molar-refractivity contribution in [1.29, 1.82) is 0 Å². The lowest BCUT2D eigenvalue weighted by atomic mass is 9.98. The van der Waals surface area contributed by atoms with Crippen molar-refractivity contribution in [2.75, 3.05) is 26.2 Å². The van der Waals surface area contributed by atoms with E-state index in [1.165, 1.54) is 44.3 Å². The lowest BCUT2D eigenvalue weighted by molar-refractivity contribution is 0.302. The number of rotatable bonds is 4. The summed E-state index contributed by atoms with van der Waals surface area (Å²) in [6, 6.07) is 0. The molecular formula is C12H24N2. The Bertz CT molecular complexity index is 177. The summed E-state index contributed by atoms with van der Waals surface area (Å²) in [5, 5.41) is 0. The zero-order valence-electron chi connectivity index (χ0n) is 9.47. The van der Waals surface area contributed by atoms with Crippen molar-refractivity contribution in [2.45, 2.75) is 32.6 Å². The summed E-state index contributed by atoms with van der Waals surface area (Å²) in [4.78, 5) is 2.50. The van der Waals surface area contributed by atoms with Crippen LogP contribution in [0.3, 0.4) is 0 Å². The highest BCUT2D eigenvalue weighted by Crippen LogP contribution is 2.20. The molecule has 0 aliphatic carbocycles. The van der Waals surface area contributed by atoms with Gasteiger partial charge in [0.15, 0.2) is 0 Å². The Morgan fingerprint density at radius 3 is 2.86 bits per heavy atom. The molecule has 2 N–H and O–H groups in total. The van der Waals surface area contributed by atoms with Gasteiger partial charge in [0.05, 0.1) is 0 Å². The third kappa shape index (κ3) is 3.81. The van der Waals surface area contributed by atoms with Crippen molar-refractivity contribution in [3.63, 3.8) is 0 Å². The largest absolute Gasteiger partial charge is 0.327 e. The molecule has 1 aliphatic rings. The van der Waals surface area contributed by atoms with Crippen LogP contribution in [0.25, 0.3) is 0 Å². The van der Waals surface area contributed by atoms with Crippen molar-refractivity contribution < 1.29 is 0 Å². The predicted octanol–water partition coefficient (Wildman–Crippen LogP) is 2.01. The van der Waals surface area contributed by atoms with E-state index in [0.717, 1.165) is 12.5 Å². The van der Waals surface area contributed by atoms with Gasteiger partial charge in [-0.2, -0.15) is 0 Å². The standard InChI is InChI=1S/C12H24N2/c1-3-12-5-4-7-14(8-6-12)10-11(2)9-13/h12H,2-10,13H2,1H3.